The van der Waals surface area contributed by atoms with Crippen LogP contribution < -0.4 is 15.8 Å². The van der Waals surface area contributed by atoms with Crippen LogP contribution in [0.3, 0.4) is 0 Å². The number of hydrogen-bond donors (Lipinski definition) is 3. The molecule has 0 radical (unpaired) electrons. The third-order valence-electron chi connectivity index (χ3n) is 3.83. The molecule has 1 aliphatic carbocycles. The molecule has 0 bridgehead atoms. The lowest BCUT2D eigenvalue weighted by molar-refractivity contribution is 0.142. The smallest absolute Gasteiger partial charge is 0.242 e. The minimum atomic E-state index is -0.0452. The van der Waals surface area contributed by atoms with Crippen LogP contribution in [0.15, 0.2) is 6.33 Å². The Hall–Kier alpha value is -1.56. The van der Waals surface area contributed by atoms with Crippen molar-refractivity contribution in [1.29, 1.82) is 0 Å². The summed E-state index contributed by atoms with van der Waals surface area (Å²) in [6.45, 7) is 4.72. The Morgan fingerprint density at radius 2 is 2.10 bits per heavy atom. The van der Waals surface area contributed by atoms with Gasteiger partial charge in [0.25, 0.3) is 0 Å². The Morgan fingerprint density at radius 3 is 2.70 bits per heavy atom. The van der Waals surface area contributed by atoms with Crippen molar-refractivity contribution in [3.05, 3.63) is 6.33 Å². The van der Waals surface area contributed by atoms with E-state index in [9.17, 15) is 5.11 Å². The van der Waals surface area contributed by atoms with Crippen LogP contribution in [0.5, 0.6) is 5.88 Å². The molecule has 0 atom stereocenters. The fraction of sp³-hybridized carbons (Fsp3) is 0.714. The largest absolute Gasteiger partial charge is 0.473 e. The van der Waals surface area contributed by atoms with Crippen LogP contribution in [0.25, 0.3) is 0 Å². The van der Waals surface area contributed by atoms with Crippen molar-refractivity contribution < 1.29 is 9.84 Å². The summed E-state index contributed by atoms with van der Waals surface area (Å²) in [6, 6.07) is 0. The van der Waals surface area contributed by atoms with E-state index in [2.05, 4.69) is 15.3 Å². The lowest BCUT2D eigenvalue weighted by Gasteiger charge is -2.27. The van der Waals surface area contributed by atoms with Crippen LogP contribution in [0.1, 0.15) is 39.5 Å². The molecular weight excluding hydrogens is 256 g/mol. The molecule has 0 unspecified atom stereocenters. The second-order valence-electron chi connectivity index (χ2n) is 5.83. The van der Waals surface area contributed by atoms with Crippen LogP contribution in [-0.2, 0) is 0 Å². The van der Waals surface area contributed by atoms with E-state index in [4.69, 9.17) is 10.5 Å². The quantitative estimate of drug-likeness (QED) is 0.736. The Balaban J connectivity index is 2.06. The molecule has 0 aliphatic heterocycles. The van der Waals surface area contributed by atoms with Gasteiger partial charge in [-0.3, -0.25) is 0 Å². The number of aromatic nitrogens is 2. The van der Waals surface area contributed by atoms with Crippen molar-refractivity contribution in [1.82, 2.24) is 9.97 Å². The molecule has 6 heteroatoms. The van der Waals surface area contributed by atoms with Crippen molar-refractivity contribution >= 4 is 11.5 Å². The molecule has 1 fully saturated rings. The number of anilines is 2. The molecule has 4 N–H and O–H groups in total. The summed E-state index contributed by atoms with van der Waals surface area (Å²) >= 11 is 0. The summed E-state index contributed by atoms with van der Waals surface area (Å²) in [5.74, 6) is 0.984. The van der Waals surface area contributed by atoms with E-state index in [-0.39, 0.29) is 18.1 Å². The molecule has 1 aliphatic rings. The van der Waals surface area contributed by atoms with Gasteiger partial charge in [-0.2, -0.15) is 4.98 Å². The molecule has 0 spiro atoms. The number of nitrogens with zero attached hydrogens (tertiary/aromatic N) is 2. The first-order valence-electron chi connectivity index (χ1n) is 7.18. The molecule has 0 amide bonds. The summed E-state index contributed by atoms with van der Waals surface area (Å²) in [7, 11) is 0. The van der Waals surface area contributed by atoms with Crippen LogP contribution in [-0.4, -0.2) is 34.3 Å². The lowest BCUT2D eigenvalue weighted by Crippen LogP contribution is -2.31. The zero-order valence-corrected chi connectivity index (χ0v) is 12.2. The molecule has 6 nitrogen and oxygen atoms in total. The minimum Gasteiger partial charge on any atom is -0.473 e. The maximum atomic E-state index is 9.61. The average molecular weight is 280 g/mol. The average Bonchev–Trinajstić information content (AvgIpc) is 2.89. The molecule has 1 saturated carbocycles. The van der Waals surface area contributed by atoms with E-state index in [1.54, 1.807) is 0 Å². The highest BCUT2D eigenvalue weighted by atomic mass is 16.5. The fourth-order valence-electron chi connectivity index (χ4n) is 2.62. The summed E-state index contributed by atoms with van der Waals surface area (Å²) in [6.07, 6.45) is 5.87. The number of aliphatic hydroxyl groups excluding tert-OH is 1. The van der Waals surface area contributed by atoms with Gasteiger partial charge < -0.3 is 20.9 Å². The zero-order valence-electron chi connectivity index (χ0n) is 12.2. The molecular formula is C14H24N4O2. The summed E-state index contributed by atoms with van der Waals surface area (Å²) in [5.41, 5.74) is 6.40. The Labute approximate surface area is 119 Å². The van der Waals surface area contributed by atoms with Gasteiger partial charge in [-0.25, -0.2) is 4.98 Å². The first kappa shape index (κ1) is 14.8. The molecule has 0 aromatic carbocycles. The molecule has 1 aromatic rings. The summed E-state index contributed by atoms with van der Waals surface area (Å²) in [5, 5.41) is 12.9. The zero-order chi connectivity index (χ0) is 14.6. The molecule has 1 heterocycles. The Morgan fingerprint density at radius 1 is 1.40 bits per heavy atom. The standard InChI is InChI=1S/C14H24N4O2/c1-10(2)20-13-11(15)12(17-9-18-13)16-7-14(8-19)5-3-4-6-14/h9-10,19H,3-8,15H2,1-2H3,(H,16,17,18). The first-order valence-corrected chi connectivity index (χ1v) is 7.18. The molecule has 112 valence electrons. The van der Waals surface area contributed by atoms with E-state index in [1.165, 1.54) is 19.2 Å². The van der Waals surface area contributed by atoms with Gasteiger partial charge in [-0.05, 0) is 26.7 Å². The number of hydrogen-bond acceptors (Lipinski definition) is 6. The van der Waals surface area contributed by atoms with Crippen molar-refractivity contribution in [3.63, 3.8) is 0 Å². The number of ether oxygens (including phenoxy) is 1. The van der Waals surface area contributed by atoms with Gasteiger partial charge in [0.1, 0.15) is 12.0 Å². The van der Waals surface area contributed by atoms with Gasteiger partial charge in [-0.1, -0.05) is 12.8 Å². The van der Waals surface area contributed by atoms with Gasteiger partial charge in [0.2, 0.25) is 5.88 Å². The van der Waals surface area contributed by atoms with Crippen LogP contribution in [0.2, 0.25) is 0 Å². The summed E-state index contributed by atoms with van der Waals surface area (Å²) < 4.78 is 5.54. The van der Waals surface area contributed by atoms with E-state index in [1.807, 2.05) is 13.8 Å². The number of rotatable bonds is 6. The van der Waals surface area contributed by atoms with Crippen molar-refractivity contribution in [2.24, 2.45) is 5.41 Å². The highest BCUT2D eigenvalue weighted by Gasteiger charge is 2.33. The maximum Gasteiger partial charge on any atom is 0.242 e. The molecule has 20 heavy (non-hydrogen) atoms. The molecule has 0 saturated heterocycles. The molecule has 1 aromatic heterocycles. The first-order chi connectivity index (χ1) is 9.56. The monoisotopic (exact) mass is 280 g/mol. The minimum absolute atomic E-state index is 0.0127. The third kappa shape index (κ3) is 3.30. The van der Waals surface area contributed by atoms with Crippen molar-refractivity contribution in [2.45, 2.75) is 45.6 Å². The normalized spacial score (nSPS) is 17.4. The number of nitrogens with one attached hydrogen (secondary N) is 1. The lowest BCUT2D eigenvalue weighted by atomic mass is 9.87. The third-order valence-corrected chi connectivity index (χ3v) is 3.83. The highest BCUT2D eigenvalue weighted by molar-refractivity contribution is 5.66. The Kier molecular flexibility index (Phi) is 4.65. The topological polar surface area (TPSA) is 93.3 Å². The Bertz CT molecular complexity index is 445. The van der Waals surface area contributed by atoms with Crippen LogP contribution in [0.4, 0.5) is 11.5 Å². The van der Waals surface area contributed by atoms with Crippen molar-refractivity contribution in [2.75, 3.05) is 24.2 Å². The highest BCUT2D eigenvalue weighted by Crippen LogP contribution is 2.38. The van der Waals surface area contributed by atoms with E-state index >= 15 is 0 Å². The van der Waals surface area contributed by atoms with Gasteiger partial charge >= 0.3 is 0 Å². The SMILES string of the molecule is CC(C)Oc1ncnc(NCC2(CO)CCCC2)c1N. The summed E-state index contributed by atoms with van der Waals surface area (Å²) in [4.78, 5) is 8.21. The predicted molar refractivity (Wildman–Crippen MR) is 78.7 cm³/mol. The second-order valence-corrected chi connectivity index (χ2v) is 5.83. The van der Waals surface area contributed by atoms with Gasteiger partial charge in [0.15, 0.2) is 5.82 Å². The van der Waals surface area contributed by atoms with Crippen LogP contribution in [0, 0.1) is 5.41 Å². The van der Waals surface area contributed by atoms with Gasteiger partial charge in [-0.15, -0.1) is 0 Å². The predicted octanol–water partition coefficient (Wildman–Crippen LogP) is 1.81. The number of nitrogen functional groups attached to an aromatic ring is 1. The fourth-order valence-corrected chi connectivity index (χ4v) is 2.62. The van der Waals surface area contributed by atoms with E-state index in [0.717, 1.165) is 12.8 Å². The van der Waals surface area contributed by atoms with Gasteiger partial charge in [0.05, 0.1) is 12.7 Å². The second kappa shape index (κ2) is 6.26. The maximum absolute atomic E-state index is 9.61. The molecule has 2 rings (SSSR count). The van der Waals surface area contributed by atoms with E-state index < -0.39 is 0 Å². The van der Waals surface area contributed by atoms with Gasteiger partial charge in [0, 0.05) is 12.0 Å². The number of aliphatic hydroxyl groups is 1. The number of nitrogens with two attached hydrogens (primary N) is 1. The van der Waals surface area contributed by atoms with Crippen molar-refractivity contribution in [3.8, 4) is 5.88 Å². The van der Waals surface area contributed by atoms with E-state index in [0.29, 0.717) is 23.9 Å². The van der Waals surface area contributed by atoms with Crippen LogP contribution >= 0.6 is 0 Å².